The summed E-state index contributed by atoms with van der Waals surface area (Å²) in [5, 5.41) is 4.57. The van der Waals surface area contributed by atoms with Crippen LogP contribution in [0.4, 0.5) is 5.82 Å². The molecule has 0 spiro atoms. The molecule has 1 N–H and O–H groups in total. The van der Waals surface area contributed by atoms with Crippen LogP contribution in [-0.4, -0.2) is 87.2 Å². The quantitative estimate of drug-likeness (QED) is 0.232. The summed E-state index contributed by atoms with van der Waals surface area (Å²) in [7, 11) is 3.56. The number of benzene rings is 1. The van der Waals surface area contributed by atoms with Crippen LogP contribution >= 0.6 is 0 Å². The summed E-state index contributed by atoms with van der Waals surface area (Å²) >= 11 is 0. The molecule has 0 saturated carbocycles. The van der Waals surface area contributed by atoms with Crippen molar-refractivity contribution in [1.29, 1.82) is 0 Å². The molecule has 1 aromatic carbocycles. The molecule has 0 amide bonds. The van der Waals surface area contributed by atoms with Crippen LogP contribution in [0.1, 0.15) is 48.3 Å². The van der Waals surface area contributed by atoms with Crippen LogP contribution in [-0.2, 0) is 20.8 Å². The normalized spacial score (nSPS) is 16.8. The number of methoxy groups -OCH3 is 1. The number of nitrogens with one attached hydrogen (secondary N) is 1. The highest BCUT2D eigenvalue weighted by Gasteiger charge is 2.26. The van der Waals surface area contributed by atoms with Gasteiger partial charge in [-0.15, -0.1) is 0 Å². The van der Waals surface area contributed by atoms with Crippen LogP contribution in [0.3, 0.4) is 0 Å². The van der Waals surface area contributed by atoms with E-state index in [4.69, 9.17) is 19.2 Å². The fourth-order valence-electron chi connectivity index (χ4n) is 5.04. The van der Waals surface area contributed by atoms with E-state index in [0.29, 0.717) is 33.0 Å². The van der Waals surface area contributed by atoms with E-state index < -0.39 is 0 Å². The van der Waals surface area contributed by atoms with Gasteiger partial charge in [-0.05, 0) is 44.9 Å². The average molecular weight is 535 g/mol. The highest BCUT2D eigenvalue weighted by Crippen LogP contribution is 2.34. The van der Waals surface area contributed by atoms with Gasteiger partial charge in [0.1, 0.15) is 11.5 Å². The fraction of sp³-hybridized carbons (Fsp3) is 0.500. The van der Waals surface area contributed by atoms with Crippen LogP contribution in [0.5, 0.6) is 0 Å². The lowest BCUT2D eigenvalue weighted by Gasteiger charge is -2.30. The first kappa shape index (κ1) is 28.7. The van der Waals surface area contributed by atoms with Crippen LogP contribution in [0.2, 0.25) is 0 Å². The Morgan fingerprint density at radius 2 is 2.08 bits per heavy atom. The Kier molecular flexibility index (Phi) is 10.9. The standard InChI is InChI=1S/C30H42N6O3/c1-23-9-7-10-24(21-23)26(34-32-3)12-5-6-13-27(35-14-19-38-20-15-35)28-30(31-2)36(16-18-37-4)29(33-28)25-11-8-17-39-22-25/h7,9-11,13,21,32H,2,5-6,8,12,14-20,22H2,1,3-4H3/b27-13+,34-26+. The minimum atomic E-state index is 0.545. The number of morpholine rings is 1. The molecular formula is C30H42N6O3. The predicted octanol–water partition coefficient (Wildman–Crippen LogP) is 4.44. The highest BCUT2D eigenvalue weighted by atomic mass is 16.5. The van der Waals surface area contributed by atoms with Crippen molar-refractivity contribution in [3.05, 3.63) is 59.1 Å². The van der Waals surface area contributed by atoms with Gasteiger partial charge < -0.3 is 29.1 Å². The maximum absolute atomic E-state index is 5.76. The molecule has 1 aromatic heterocycles. The molecular weight excluding hydrogens is 492 g/mol. The first-order chi connectivity index (χ1) is 19.2. The molecule has 9 heteroatoms. The summed E-state index contributed by atoms with van der Waals surface area (Å²) in [6.07, 6.45) is 8.09. The maximum atomic E-state index is 5.76. The lowest BCUT2D eigenvalue weighted by Crippen LogP contribution is -2.35. The molecule has 210 valence electrons. The average Bonchev–Trinajstić information content (AvgIpc) is 3.34. The van der Waals surface area contributed by atoms with Crippen molar-refractivity contribution < 1.29 is 14.2 Å². The van der Waals surface area contributed by atoms with E-state index >= 15 is 0 Å². The molecule has 4 rings (SSSR count). The molecule has 2 aliphatic rings. The largest absolute Gasteiger partial charge is 0.383 e. The van der Waals surface area contributed by atoms with Gasteiger partial charge in [-0.3, -0.25) is 0 Å². The molecule has 0 aliphatic carbocycles. The van der Waals surface area contributed by atoms with Crippen molar-refractivity contribution in [2.24, 2.45) is 10.1 Å². The van der Waals surface area contributed by atoms with E-state index in [2.05, 4.69) is 75.0 Å². The van der Waals surface area contributed by atoms with Crippen LogP contribution in [0.25, 0.3) is 11.3 Å². The van der Waals surface area contributed by atoms with Crippen molar-refractivity contribution in [2.75, 3.05) is 60.3 Å². The number of imidazole rings is 1. The number of hydrazone groups is 1. The molecule has 3 heterocycles. The summed E-state index contributed by atoms with van der Waals surface area (Å²) in [5.41, 5.74) is 9.45. The number of ether oxygens (including phenoxy) is 3. The maximum Gasteiger partial charge on any atom is 0.161 e. The molecule has 0 unspecified atom stereocenters. The molecule has 1 saturated heterocycles. The molecule has 0 bridgehead atoms. The van der Waals surface area contributed by atoms with Gasteiger partial charge in [0.05, 0.1) is 44.4 Å². The van der Waals surface area contributed by atoms with Crippen molar-refractivity contribution >= 4 is 29.5 Å². The van der Waals surface area contributed by atoms with Gasteiger partial charge in [-0.2, -0.15) is 5.10 Å². The van der Waals surface area contributed by atoms with Gasteiger partial charge in [0.15, 0.2) is 5.82 Å². The number of aliphatic imine (C=N–C) groups is 1. The Morgan fingerprint density at radius 3 is 2.77 bits per heavy atom. The molecule has 0 radical (unpaired) electrons. The Morgan fingerprint density at radius 1 is 1.23 bits per heavy atom. The van der Waals surface area contributed by atoms with Crippen LogP contribution < -0.4 is 5.43 Å². The van der Waals surface area contributed by atoms with Crippen LogP contribution in [0.15, 0.2) is 46.5 Å². The summed E-state index contributed by atoms with van der Waals surface area (Å²) in [6, 6.07) is 8.50. The van der Waals surface area contributed by atoms with Gasteiger partial charge in [-0.1, -0.05) is 42.0 Å². The number of unbranched alkanes of at least 4 members (excludes halogenated alkanes) is 1. The SMILES string of the molecule is C=Nc1c(/C(=C\CCC/C(=N\NC)c2cccc(C)c2)N2CCOCC2)nc(C2=CCCOC2)n1CCOC. The van der Waals surface area contributed by atoms with Gasteiger partial charge in [-0.25, -0.2) is 9.98 Å². The molecule has 39 heavy (non-hydrogen) atoms. The van der Waals surface area contributed by atoms with E-state index in [1.807, 2.05) is 7.05 Å². The second-order valence-corrected chi connectivity index (χ2v) is 9.71. The van der Waals surface area contributed by atoms with Crippen molar-refractivity contribution in [3.8, 4) is 0 Å². The molecule has 0 atom stereocenters. The lowest BCUT2D eigenvalue weighted by atomic mass is 10.0. The Hall–Kier alpha value is -3.27. The number of allylic oxidation sites excluding steroid dienone is 1. The number of rotatable bonds is 13. The second-order valence-electron chi connectivity index (χ2n) is 9.71. The Balaban J connectivity index is 1.64. The number of hydrogen-bond acceptors (Lipinski definition) is 8. The Labute approximate surface area is 232 Å². The Bertz CT molecular complexity index is 1190. The zero-order chi connectivity index (χ0) is 27.5. The predicted molar refractivity (Wildman–Crippen MR) is 158 cm³/mol. The van der Waals surface area contributed by atoms with E-state index in [0.717, 1.165) is 85.3 Å². The zero-order valence-electron chi connectivity index (χ0n) is 23.6. The number of hydrogen-bond donors (Lipinski definition) is 1. The van der Waals surface area contributed by atoms with Crippen molar-refractivity contribution in [1.82, 2.24) is 19.9 Å². The summed E-state index contributed by atoms with van der Waals surface area (Å²) in [6.45, 7) is 11.5. The topological polar surface area (TPSA) is 85.5 Å². The van der Waals surface area contributed by atoms with Gasteiger partial charge in [0.2, 0.25) is 0 Å². The van der Waals surface area contributed by atoms with E-state index in [1.54, 1.807) is 7.11 Å². The zero-order valence-corrected chi connectivity index (χ0v) is 23.6. The monoisotopic (exact) mass is 534 g/mol. The molecule has 2 aromatic rings. The smallest absolute Gasteiger partial charge is 0.161 e. The first-order valence-electron chi connectivity index (χ1n) is 13.8. The lowest BCUT2D eigenvalue weighted by molar-refractivity contribution is 0.0637. The number of nitrogens with zero attached hydrogens (tertiary/aromatic N) is 5. The second kappa shape index (κ2) is 14.8. The fourth-order valence-corrected chi connectivity index (χ4v) is 5.04. The minimum Gasteiger partial charge on any atom is -0.383 e. The van der Waals surface area contributed by atoms with E-state index in [1.165, 1.54) is 5.56 Å². The van der Waals surface area contributed by atoms with E-state index in [-0.39, 0.29) is 0 Å². The summed E-state index contributed by atoms with van der Waals surface area (Å²) < 4.78 is 19.0. The van der Waals surface area contributed by atoms with Crippen molar-refractivity contribution in [2.45, 2.75) is 39.2 Å². The van der Waals surface area contributed by atoms with Gasteiger partial charge >= 0.3 is 0 Å². The molecule has 1 fully saturated rings. The third kappa shape index (κ3) is 7.44. The van der Waals surface area contributed by atoms with E-state index in [9.17, 15) is 0 Å². The third-order valence-corrected chi connectivity index (χ3v) is 6.96. The minimum absolute atomic E-state index is 0.545. The van der Waals surface area contributed by atoms with Gasteiger partial charge in [0.25, 0.3) is 0 Å². The third-order valence-electron chi connectivity index (χ3n) is 6.96. The first-order valence-corrected chi connectivity index (χ1v) is 13.8. The summed E-state index contributed by atoms with van der Waals surface area (Å²) in [4.78, 5) is 12.0. The van der Waals surface area contributed by atoms with Crippen LogP contribution in [0, 0.1) is 6.92 Å². The number of aryl methyl sites for hydroxylation is 1. The number of aromatic nitrogens is 2. The summed E-state index contributed by atoms with van der Waals surface area (Å²) in [5.74, 6) is 1.65. The highest BCUT2D eigenvalue weighted by molar-refractivity contribution is 6.00. The molecule has 2 aliphatic heterocycles. The van der Waals surface area contributed by atoms with Gasteiger partial charge in [0, 0.05) is 39.4 Å². The van der Waals surface area contributed by atoms with Crippen molar-refractivity contribution in [3.63, 3.8) is 0 Å². The molecule has 9 nitrogen and oxygen atoms in total.